The molecule has 0 heterocycles. The Balaban J connectivity index is 3.15. The molecule has 1 amide bonds. The van der Waals surface area contributed by atoms with Crippen molar-refractivity contribution in [3.63, 3.8) is 0 Å². The molecule has 0 spiro atoms. The number of amides is 1. The quantitative estimate of drug-likeness (QED) is 0.675. The lowest BCUT2D eigenvalue weighted by atomic mass is 10.3. The van der Waals surface area contributed by atoms with Gasteiger partial charge in [0, 0.05) is 19.2 Å². The lowest BCUT2D eigenvalue weighted by molar-refractivity contribution is -0.117. The van der Waals surface area contributed by atoms with Crippen LogP contribution in [0.25, 0.3) is 0 Å². The van der Waals surface area contributed by atoms with E-state index in [0.29, 0.717) is 0 Å². The summed E-state index contributed by atoms with van der Waals surface area (Å²) in [6.07, 6.45) is 0.615. The van der Waals surface area contributed by atoms with Gasteiger partial charge in [-0.25, -0.2) is 25.9 Å². The zero-order valence-corrected chi connectivity index (χ0v) is 12.1. The predicted octanol–water partition coefficient (Wildman–Crippen LogP) is -0.617. The normalized spacial score (nSPS) is 12.3. The first-order chi connectivity index (χ1) is 9.04. The molecule has 7 nitrogen and oxygen atoms in total. The second-order valence-corrected chi connectivity index (χ2v) is 7.73. The highest BCUT2D eigenvalue weighted by atomic mass is 32.2. The summed E-state index contributed by atoms with van der Waals surface area (Å²) in [5, 5.41) is 0. The number of sulfone groups is 1. The van der Waals surface area contributed by atoms with Crippen molar-refractivity contribution in [3.8, 4) is 0 Å². The van der Waals surface area contributed by atoms with Crippen molar-refractivity contribution in [1.29, 1.82) is 0 Å². The molecule has 10 heteroatoms. The van der Waals surface area contributed by atoms with Gasteiger partial charge < -0.3 is 5.73 Å². The fourth-order valence-corrected chi connectivity index (χ4v) is 3.16. The Morgan fingerprint density at radius 3 is 2.40 bits per heavy atom. The van der Waals surface area contributed by atoms with Crippen molar-refractivity contribution in [2.45, 2.75) is 16.2 Å². The molecule has 20 heavy (non-hydrogen) atoms. The Bertz CT molecular complexity index is 728. The third-order valence-corrected chi connectivity index (χ3v) is 4.87. The van der Waals surface area contributed by atoms with Crippen LogP contribution in [-0.2, 0) is 24.7 Å². The molecule has 0 aliphatic heterocycles. The van der Waals surface area contributed by atoms with Gasteiger partial charge in [-0.1, -0.05) is 0 Å². The van der Waals surface area contributed by atoms with Gasteiger partial charge in [-0.15, -0.1) is 0 Å². The van der Waals surface area contributed by atoms with Crippen LogP contribution in [0.15, 0.2) is 28.0 Å². The van der Waals surface area contributed by atoms with Gasteiger partial charge in [0.2, 0.25) is 15.9 Å². The molecule has 1 aromatic rings. The van der Waals surface area contributed by atoms with E-state index in [1.54, 1.807) is 0 Å². The van der Waals surface area contributed by atoms with E-state index < -0.39 is 36.5 Å². The topological polar surface area (TPSA) is 123 Å². The van der Waals surface area contributed by atoms with Gasteiger partial charge >= 0.3 is 0 Å². The average molecular weight is 324 g/mol. The second-order valence-electron chi connectivity index (χ2n) is 3.98. The van der Waals surface area contributed by atoms with Crippen molar-refractivity contribution < 1.29 is 26.0 Å². The van der Waals surface area contributed by atoms with Gasteiger partial charge in [-0.3, -0.25) is 4.79 Å². The molecule has 0 atom stereocenters. The zero-order chi connectivity index (χ0) is 15.6. The molecule has 0 saturated heterocycles. The number of sulfonamides is 1. The number of nitrogens with two attached hydrogens (primary N) is 1. The van der Waals surface area contributed by atoms with Gasteiger partial charge in [0.15, 0.2) is 9.84 Å². The first-order valence-corrected chi connectivity index (χ1v) is 8.69. The van der Waals surface area contributed by atoms with E-state index in [1.165, 1.54) is 0 Å². The van der Waals surface area contributed by atoms with Crippen LogP contribution in [0.5, 0.6) is 0 Å². The van der Waals surface area contributed by atoms with Gasteiger partial charge in [0.25, 0.3) is 0 Å². The number of benzene rings is 1. The molecule has 0 unspecified atom stereocenters. The minimum Gasteiger partial charge on any atom is -0.370 e. The molecule has 1 rings (SSSR count). The third kappa shape index (κ3) is 4.25. The largest absolute Gasteiger partial charge is 0.370 e. The predicted molar refractivity (Wildman–Crippen MR) is 68.5 cm³/mol. The fraction of sp³-hybridized carbons (Fsp3) is 0.300. The number of nitrogens with one attached hydrogen (secondary N) is 1. The molecule has 3 N–H and O–H groups in total. The summed E-state index contributed by atoms with van der Waals surface area (Å²) in [6, 6.07) is 2.43. The molecule has 0 saturated carbocycles. The van der Waals surface area contributed by atoms with Crippen molar-refractivity contribution in [3.05, 3.63) is 24.0 Å². The Hall–Kier alpha value is -1.52. The number of hydrogen-bond acceptors (Lipinski definition) is 5. The minimum absolute atomic E-state index is 0.257. The zero-order valence-electron chi connectivity index (χ0n) is 10.5. The highest BCUT2D eigenvalue weighted by molar-refractivity contribution is 7.91. The third-order valence-electron chi connectivity index (χ3n) is 2.28. The highest BCUT2D eigenvalue weighted by Crippen LogP contribution is 2.19. The standard InChI is InChI=1S/C10H13FN2O5S2/c1-19(15,16)7-2-3-8(11)9(6-7)20(17,18)13-5-4-10(12)14/h2-3,6,13H,4-5H2,1H3,(H2,12,14). The number of halogens is 1. The maximum atomic E-state index is 13.5. The summed E-state index contributed by atoms with van der Waals surface area (Å²) in [7, 11) is -7.94. The Morgan fingerprint density at radius 1 is 1.30 bits per heavy atom. The minimum atomic E-state index is -4.27. The molecule has 0 bridgehead atoms. The molecular formula is C10H13FN2O5S2. The molecular weight excluding hydrogens is 311 g/mol. The smallest absolute Gasteiger partial charge is 0.243 e. The van der Waals surface area contributed by atoms with E-state index in [9.17, 15) is 26.0 Å². The number of primary amides is 1. The summed E-state index contributed by atoms with van der Waals surface area (Å²) in [6.45, 7) is -0.305. The highest BCUT2D eigenvalue weighted by Gasteiger charge is 2.21. The van der Waals surface area contributed by atoms with Crippen LogP contribution in [0, 0.1) is 5.82 Å². The molecule has 0 radical (unpaired) electrons. The number of carbonyl (C=O) groups excluding carboxylic acids is 1. The van der Waals surface area contributed by atoms with E-state index in [0.717, 1.165) is 24.5 Å². The van der Waals surface area contributed by atoms with Crippen LogP contribution >= 0.6 is 0 Å². The maximum Gasteiger partial charge on any atom is 0.243 e. The van der Waals surface area contributed by atoms with Gasteiger partial charge in [0.1, 0.15) is 10.7 Å². The molecule has 0 aliphatic rings. The first-order valence-electron chi connectivity index (χ1n) is 5.31. The van der Waals surface area contributed by atoms with E-state index in [4.69, 9.17) is 5.73 Å². The van der Waals surface area contributed by atoms with Crippen LogP contribution in [0.2, 0.25) is 0 Å². The van der Waals surface area contributed by atoms with Crippen molar-refractivity contribution >= 4 is 25.8 Å². The van der Waals surface area contributed by atoms with Crippen LogP contribution in [0.3, 0.4) is 0 Å². The summed E-state index contributed by atoms with van der Waals surface area (Å²) in [5.41, 5.74) is 4.84. The lowest BCUT2D eigenvalue weighted by Gasteiger charge is -2.08. The summed E-state index contributed by atoms with van der Waals surface area (Å²) in [5.74, 6) is -1.82. The first kappa shape index (κ1) is 16.5. The van der Waals surface area contributed by atoms with Gasteiger partial charge in [-0.2, -0.15) is 0 Å². The van der Waals surface area contributed by atoms with Crippen LogP contribution < -0.4 is 10.5 Å². The van der Waals surface area contributed by atoms with Gasteiger partial charge in [-0.05, 0) is 18.2 Å². The van der Waals surface area contributed by atoms with Crippen molar-refractivity contribution in [1.82, 2.24) is 4.72 Å². The lowest BCUT2D eigenvalue weighted by Crippen LogP contribution is -2.28. The Morgan fingerprint density at radius 2 is 1.90 bits per heavy atom. The SMILES string of the molecule is CS(=O)(=O)c1ccc(F)c(S(=O)(=O)NCCC(N)=O)c1. The van der Waals surface area contributed by atoms with Crippen LogP contribution in [0.4, 0.5) is 4.39 Å². The Labute approximate surface area is 115 Å². The molecule has 0 aromatic heterocycles. The molecule has 112 valence electrons. The van der Waals surface area contributed by atoms with E-state index >= 15 is 0 Å². The second kappa shape index (κ2) is 5.85. The summed E-state index contributed by atoms with van der Waals surface area (Å²) in [4.78, 5) is 9.38. The van der Waals surface area contributed by atoms with Crippen LogP contribution in [0.1, 0.15) is 6.42 Å². The van der Waals surface area contributed by atoms with E-state index in [1.807, 2.05) is 4.72 Å². The van der Waals surface area contributed by atoms with E-state index in [-0.39, 0.29) is 17.9 Å². The molecule has 0 fully saturated rings. The molecule has 1 aromatic carbocycles. The maximum absolute atomic E-state index is 13.5. The van der Waals surface area contributed by atoms with E-state index in [2.05, 4.69) is 0 Å². The average Bonchev–Trinajstić information content (AvgIpc) is 2.26. The number of carbonyl (C=O) groups is 1. The van der Waals surface area contributed by atoms with Crippen molar-refractivity contribution in [2.24, 2.45) is 5.73 Å². The van der Waals surface area contributed by atoms with Gasteiger partial charge in [0.05, 0.1) is 4.90 Å². The van der Waals surface area contributed by atoms with Crippen molar-refractivity contribution in [2.75, 3.05) is 12.8 Å². The fourth-order valence-electron chi connectivity index (χ4n) is 1.31. The summed E-state index contributed by atoms with van der Waals surface area (Å²) >= 11 is 0. The number of hydrogen-bond donors (Lipinski definition) is 2. The summed E-state index contributed by atoms with van der Waals surface area (Å²) < 4.78 is 61.8. The number of rotatable bonds is 6. The Kier molecular flexibility index (Phi) is 4.84. The van der Waals surface area contributed by atoms with Crippen LogP contribution in [-0.4, -0.2) is 35.5 Å². The molecule has 0 aliphatic carbocycles. The monoisotopic (exact) mass is 324 g/mol.